The first-order chi connectivity index (χ1) is 15.9. The zero-order valence-electron chi connectivity index (χ0n) is 17.1. The summed E-state index contributed by atoms with van der Waals surface area (Å²) in [6.45, 7) is 0. The minimum Gasteiger partial charge on any atom is -0.453 e. The van der Waals surface area contributed by atoms with E-state index < -0.39 is 0 Å². The van der Waals surface area contributed by atoms with Gasteiger partial charge in [-0.05, 0) is 24.3 Å². The second-order valence-corrected chi connectivity index (χ2v) is 7.39. The van der Waals surface area contributed by atoms with Crippen LogP contribution in [0, 0.1) is 0 Å². The van der Waals surface area contributed by atoms with Gasteiger partial charge in [0.05, 0.1) is 11.4 Å². The van der Waals surface area contributed by atoms with Gasteiger partial charge in [-0.2, -0.15) is 9.97 Å². The second-order valence-electron chi connectivity index (χ2n) is 7.39. The van der Waals surface area contributed by atoms with Gasteiger partial charge in [-0.25, -0.2) is 4.98 Å². The third-order valence-electron chi connectivity index (χ3n) is 5.32. The Kier molecular flexibility index (Phi) is 4.36. The van der Waals surface area contributed by atoms with E-state index in [1.54, 1.807) is 0 Å². The third kappa shape index (κ3) is 3.17. The zero-order chi connectivity index (χ0) is 21.3. The Bertz CT molecular complexity index is 1300. The average Bonchev–Trinajstić information content (AvgIpc) is 2.88. The number of hydrogen-bond acceptors (Lipinski definition) is 5. The van der Waals surface area contributed by atoms with Gasteiger partial charge < -0.3 is 4.74 Å². The van der Waals surface area contributed by atoms with E-state index in [0.29, 0.717) is 17.6 Å². The summed E-state index contributed by atoms with van der Waals surface area (Å²) in [5, 5.41) is 0. The van der Waals surface area contributed by atoms with Crippen molar-refractivity contribution in [2.75, 3.05) is 4.90 Å². The standard InChI is InChI=1S/C27H18N4O/c1-3-11-19(12-4-1)25-28-26(20-13-5-2-6-14-20)30-27(29-25)31-21-15-7-9-17-23(21)32-24-18-10-8-16-22(24)31/h1-18H. The van der Waals surface area contributed by atoms with E-state index in [1.807, 2.05) is 114 Å². The van der Waals surface area contributed by atoms with Gasteiger partial charge in [0.1, 0.15) is 0 Å². The van der Waals surface area contributed by atoms with E-state index in [0.717, 1.165) is 34.0 Å². The zero-order valence-corrected chi connectivity index (χ0v) is 17.1. The Labute approximate surface area is 185 Å². The van der Waals surface area contributed by atoms with Gasteiger partial charge in [0, 0.05) is 11.1 Å². The Balaban J connectivity index is 1.61. The van der Waals surface area contributed by atoms with Crippen molar-refractivity contribution in [1.29, 1.82) is 0 Å². The number of anilines is 3. The predicted octanol–water partition coefficient (Wildman–Crippen LogP) is 6.78. The van der Waals surface area contributed by atoms with Crippen molar-refractivity contribution in [3.05, 3.63) is 109 Å². The third-order valence-corrected chi connectivity index (χ3v) is 5.32. The number of hydrogen-bond donors (Lipinski definition) is 0. The molecule has 5 heteroatoms. The van der Waals surface area contributed by atoms with Crippen molar-refractivity contribution < 1.29 is 4.74 Å². The highest BCUT2D eigenvalue weighted by atomic mass is 16.5. The highest BCUT2D eigenvalue weighted by molar-refractivity contribution is 5.84. The molecule has 5 aromatic rings. The Morgan fingerprint density at radius 1 is 0.469 bits per heavy atom. The van der Waals surface area contributed by atoms with Crippen LogP contribution in [0.5, 0.6) is 11.5 Å². The minimum atomic E-state index is 0.543. The van der Waals surface area contributed by atoms with Gasteiger partial charge in [0.25, 0.3) is 0 Å². The van der Waals surface area contributed by atoms with Crippen LogP contribution in [0.15, 0.2) is 109 Å². The van der Waals surface area contributed by atoms with E-state index >= 15 is 0 Å². The molecule has 0 radical (unpaired) electrons. The van der Waals surface area contributed by atoms with Gasteiger partial charge in [-0.3, -0.25) is 4.90 Å². The summed E-state index contributed by atoms with van der Waals surface area (Å²) in [5.74, 6) is 3.30. The topological polar surface area (TPSA) is 51.1 Å². The molecule has 0 aliphatic carbocycles. The number of fused-ring (bicyclic) bond motifs is 2. The average molecular weight is 414 g/mol. The second kappa shape index (κ2) is 7.63. The monoisotopic (exact) mass is 414 g/mol. The van der Waals surface area contributed by atoms with Crippen molar-refractivity contribution >= 4 is 17.3 Å². The van der Waals surface area contributed by atoms with Crippen molar-refractivity contribution in [1.82, 2.24) is 15.0 Å². The molecule has 0 atom stereocenters. The number of rotatable bonds is 3. The summed E-state index contributed by atoms with van der Waals surface area (Å²) < 4.78 is 6.15. The first-order valence-corrected chi connectivity index (χ1v) is 10.4. The molecule has 0 unspecified atom stereocenters. The van der Waals surface area contributed by atoms with E-state index in [9.17, 15) is 0 Å². The highest BCUT2D eigenvalue weighted by Gasteiger charge is 2.28. The fourth-order valence-corrected chi connectivity index (χ4v) is 3.82. The normalized spacial score (nSPS) is 11.9. The molecule has 0 fully saturated rings. The summed E-state index contributed by atoms with van der Waals surface area (Å²) in [6.07, 6.45) is 0. The van der Waals surface area contributed by atoms with Crippen molar-refractivity contribution in [3.63, 3.8) is 0 Å². The molecular weight excluding hydrogens is 396 g/mol. The Morgan fingerprint density at radius 3 is 1.41 bits per heavy atom. The molecule has 1 aliphatic rings. The quantitative estimate of drug-likeness (QED) is 0.319. The molecule has 0 N–H and O–H groups in total. The number of aromatic nitrogens is 3. The largest absolute Gasteiger partial charge is 0.453 e. The lowest BCUT2D eigenvalue weighted by Gasteiger charge is -2.31. The molecule has 0 bridgehead atoms. The van der Waals surface area contributed by atoms with E-state index in [1.165, 1.54) is 0 Å². The first-order valence-electron chi connectivity index (χ1n) is 10.4. The fraction of sp³-hybridized carbons (Fsp3) is 0. The molecule has 152 valence electrons. The van der Waals surface area contributed by atoms with Gasteiger partial charge in [-0.1, -0.05) is 84.9 Å². The molecule has 0 spiro atoms. The van der Waals surface area contributed by atoms with Crippen molar-refractivity contribution in [2.24, 2.45) is 0 Å². The van der Waals surface area contributed by atoms with Gasteiger partial charge in [0.2, 0.25) is 5.95 Å². The van der Waals surface area contributed by atoms with Crippen LogP contribution in [0.2, 0.25) is 0 Å². The molecule has 2 heterocycles. The number of nitrogens with zero attached hydrogens (tertiary/aromatic N) is 4. The maximum Gasteiger partial charge on any atom is 0.239 e. The van der Waals surface area contributed by atoms with E-state index in [2.05, 4.69) is 0 Å². The molecule has 0 amide bonds. The summed E-state index contributed by atoms with van der Waals surface area (Å²) >= 11 is 0. The number of ether oxygens (including phenoxy) is 1. The van der Waals surface area contributed by atoms with E-state index in [-0.39, 0.29) is 0 Å². The van der Waals surface area contributed by atoms with Crippen LogP contribution in [0.25, 0.3) is 22.8 Å². The predicted molar refractivity (Wildman–Crippen MR) is 125 cm³/mol. The first kappa shape index (κ1) is 18.3. The van der Waals surface area contributed by atoms with Crippen molar-refractivity contribution in [3.8, 4) is 34.3 Å². The summed E-state index contributed by atoms with van der Waals surface area (Å²) in [4.78, 5) is 16.6. The molecule has 4 aromatic carbocycles. The number of para-hydroxylation sites is 4. The molecule has 32 heavy (non-hydrogen) atoms. The highest BCUT2D eigenvalue weighted by Crippen LogP contribution is 2.49. The van der Waals surface area contributed by atoms with Crippen molar-refractivity contribution in [2.45, 2.75) is 0 Å². The van der Waals surface area contributed by atoms with Gasteiger partial charge in [0.15, 0.2) is 23.1 Å². The lowest BCUT2D eigenvalue weighted by molar-refractivity contribution is 0.476. The smallest absolute Gasteiger partial charge is 0.239 e. The number of benzene rings is 4. The van der Waals surface area contributed by atoms with Gasteiger partial charge >= 0.3 is 0 Å². The lowest BCUT2D eigenvalue weighted by Crippen LogP contribution is -2.19. The maximum atomic E-state index is 6.15. The SMILES string of the molecule is c1ccc(-c2nc(-c3ccccc3)nc(N3c4ccccc4Oc4ccccc43)n2)cc1. The molecule has 0 saturated carbocycles. The molecule has 1 aliphatic heterocycles. The Hall–Kier alpha value is -4.51. The molecule has 0 saturated heterocycles. The fourth-order valence-electron chi connectivity index (χ4n) is 3.82. The lowest BCUT2D eigenvalue weighted by atomic mass is 10.1. The Morgan fingerprint density at radius 2 is 0.906 bits per heavy atom. The summed E-state index contributed by atoms with van der Waals surface area (Å²) in [6, 6.07) is 35.8. The molecule has 6 rings (SSSR count). The summed E-state index contributed by atoms with van der Waals surface area (Å²) in [5.41, 5.74) is 3.64. The maximum absolute atomic E-state index is 6.15. The van der Waals surface area contributed by atoms with Crippen LogP contribution >= 0.6 is 0 Å². The summed E-state index contributed by atoms with van der Waals surface area (Å²) in [7, 11) is 0. The van der Waals surface area contributed by atoms with Crippen LogP contribution in [0.1, 0.15) is 0 Å². The van der Waals surface area contributed by atoms with Crippen LogP contribution in [0.4, 0.5) is 17.3 Å². The van der Waals surface area contributed by atoms with Crippen LogP contribution in [-0.4, -0.2) is 15.0 Å². The molecule has 5 nitrogen and oxygen atoms in total. The van der Waals surface area contributed by atoms with E-state index in [4.69, 9.17) is 19.7 Å². The van der Waals surface area contributed by atoms with Crippen LogP contribution < -0.4 is 9.64 Å². The van der Waals surface area contributed by atoms with Crippen LogP contribution in [0.3, 0.4) is 0 Å². The molecular formula is C27H18N4O. The molecule has 1 aromatic heterocycles. The minimum absolute atomic E-state index is 0.543. The van der Waals surface area contributed by atoms with Gasteiger partial charge in [-0.15, -0.1) is 0 Å². The van der Waals surface area contributed by atoms with Crippen LogP contribution in [-0.2, 0) is 0 Å².